The lowest BCUT2D eigenvalue weighted by Gasteiger charge is -2.33. The highest BCUT2D eigenvalue weighted by Gasteiger charge is 2.31. The van der Waals surface area contributed by atoms with Crippen LogP contribution in [0.3, 0.4) is 0 Å². The molecule has 4 rings (SSSR count). The van der Waals surface area contributed by atoms with Crippen molar-refractivity contribution in [3.8, 4) is 11.5 Å². The van der Waals surface area contributed by atoms with Gasteiger partial charge in [0.2, 0.25) is 5.91 Å². The van der Waals surface area contributed by atoms with Crippen molar-refractivity contribution in [3.63, 3.8) is 0 Å². The first-order chi connectivity index (χ1) is 15.9. The third-order valence-electron chi connectivity index (χ3n) is 6.11. The van der Waals surface area contributed by atoms with Gasteiger partial charge in [-0.25, -0.2) is 9.78 Å². The highest BCUT2D eigenvalue weighted by atomic mass is 16.6. The van der Waals surface area contributed by atoms with E-state index in [1.165, 1.54) is 0 Å². The number of aromatic nitrogens is 4. The van der Waals surface area contributed by atoms with Crippen LogP contribution in [0.5, 0.6) is 0 Å². The molecular weight excluding hydrogens is 438 g/mol. The molecule has 3 aliphatic heterocycles. The molecule has 180 valence electrons. The Hall–Kier alpha value is -3.56. The molecule has 0 radical (unpaired) electrons. The molecule has 0 unspecified atom stereocenters. The van der Waals surface area contributed by atoms with Gasteiger partial charge in [0.15, 0.2) is 11.5 Å². The van der Waals surface area contributed by atoms with E-state index in [1.54, 1.807) is 9.47 Å². The molecule has 1 aromatic rings. The van der Waals surface area contributed by atoms with Gasteiger partial charge in [-0.05, 0) is 70.7 Å². The van der Waals surface area contributed by atoms with E-state index in [9.17, 15) is 19.2 Å². The summed E-state index contributed by atoms with van der Waals surface area (Å²) >= 11 is 0. The molecule has 34 heavy (non-hydrogen) atoms. The molecule has 0 aliphatic carbocycles. The number of H-pyrrole nitrogens is 1. The van der Waals surface area contributed by atoms with Crippen LogP contribution in [0.2, 0.25) is 0 Å². The largest absolute Gasteiger partial charge is 0.460 e. The molecule has 0 bridgehead atoms. The molecule has 0 saturated carbocycles. The number of nitrogens with zero attached hydrogens (tertiary/aromatic N) is 4. The van der Waals surface area contributed by atoms with Crippen molar-refractivity contribution in [2.24, 2.45) is 5.92 Å². The highest BCUT2D eigenvalue weighted by molar-refractivity contribution is 5.84. The minimum atomic E-state index is -0.790. The van der Waals surface area contributed by atoms with Crippen LogP contribution in [0.4, 0.5) is 0 Å². The number of aromatic amines is 1. The summed E-state index contributed by atoms with van der Waals surface area (Å²) in [4.78, 5) is 62.2. The Kier molecular flexibility index (Phi) is 6.01. The number of carbonyl (C=O) groups excluding carboxylic acids is 2. The molecule has 1 aromatic carbocycles. The number of amides is 1. The fourth-order valence-electron chi connectivity index (χ4n) is 4.19. The lowest BCUT2D eigenvalue weighted by atomic mass is 9.96. The number of rotatable bonds is 3. The number of hydrogen-bond acceptors (Lipinski definition) is 7. The summed E-state index contributed by atoms with van der Waals surface area (Å²) in [6.45, 7) is 10.1. The lowest BCUT2D eigenvalue weighted by Crippen LogP contribution is -2.43. The van der Waals surface area contributed by atoms with Crippen LogP contribution in [0, 0.1) is 19.8 Å². The molecular formula is C24H29N5O5. The summed E-state index contributed by atoms with van der Waals surface area (Å²) in [5.74, 6) is -0.597. The number of carbonyl (C=O) groups is 2. The van der Waals surface area contributed by atoms with Crippen molar-refractivity contribution in [2.75, 3.05) is 13.1 Å². The van der Waals surface area contributed by atoms with E-state index in [0.717, 1.165) is 11.1 Å². The fourth-order valence-corrected chi connectivity index (χ4v) is 4.19. The zero-order valence-electron chi connectivity index (χ0n) is 20.1. The number of esters is 1. The third-order valence-corrected chi connectivity index (χ3v) is 6.11. The lowest BCUT2D eigenvalue weighted by molar-refractivity contribution is -0.162. The molecule has 3 heterocycles. The smallest absolute Gasteiger partial charge is 0.349 e. The average Bonchev–Trinajstić information content (AvgIpc) is 2.74. The van der Waals surface area contributed by atoms with E-state index < -0.39 is 16.9 Å². The van der Waals surface area contributed by atoms with Gasteiger partial charge < -0.3 is 14.2 Å². The van der Waals surface area contributed by atoms with Crippen LogP contribution in [0.25, 0.3) is 22.6 Å². The standard InChI is InChI=1S/C24H29N5O5/c1-13-10-16-17(11-14(13)2)29(20-19(25-16)21(31)27-23(33)26-20)12-18(30)28-8-6-15(7-9-28)22(32)34-24(3,4)5/h10-11,15H,6-9,12H2,1-5H3,(H,27,31,33). The van der Waals surface area contributed by atoms with Crippen molar-refractivity contribution in [2.45, 2.75) is 59.6 Å². The van der Waals surface area contributed by atoms with Gasteiger partial charge in [0.05, 0.1) is 17.0 Å². The Labute approximate surface area is 196 Å². The molecule has 0 atom stereocenters. The zero-order valence-corrected chi connectivity index (χ0v) is 20.1. The summed E-state index contributed by atoms with van der Waals surface area (Å²) in [6.07, 6.45) is 1.04. The molecule has 10 nitrogen and oxygen atoms in total. The summed E-state index contributed by atoms with van der Waals surface area (Å²) in [5, 5.41) is 0. The van der Waals surface area contributed by atoms with Gasteiger partial charge in [-0.1, -0.05) is 0 Å². The predicted octanol–water partition coefficient (Wildman–Crippen LogP) is 1.78. The summed E-state index contributed by atoms with van der Waals surface area (Å²) in [7, 11) is 0. The minimum Gasteiger partial charge on any atom is -0.460 e. The van der Waals surface area contributed by atoms with Crippen LogP contribution in [0.15, 0.2) is 21.7 Å². The number of benzene rings is 1. The van der Waals surface area contributed by atoms with Crippen molar-refractivity contribution in [1.82, 2.24) is 24.4 Å². The number of nitrogens with one attached hydrogen (secondary N) is 1. The summed E-state index contributed by atoms with van der Waals surface area (Å²) in [5.41, 5.74) is 1.16. The maximum atomic E-state index is 13.3. The van der Waals surface area contributed by atoms with Gasteiger partial charge >= 0.3 is 11.7 Å². The van der Waals surface area contributed by atoms with Gasteiger partial charge in [-0.3, -0.25) is 19.4 Å². The van der Waals surface area contributed by atoms with Crippen molar-refractivity contribution >= 4 is 22.9 Å². The molecule has 1 saturated heterocycles. The predicted molar refractivity (Wildman–Crippen MR) is 126 cm³/mol. The zero-order chi connectivity index (χ0) is 24.8. The second kappa shape index (κ2) is 8.66. The van der Waals surface area contributed by atoms with Crippen LogP contribution >= 0.6 is 0 Å². The first kappa shape index (κ1) is 23.6. The van der Waals surface area contributed by atoms with Crippen LogP contribution in [-0.4, -0.2) is 55.0 Å². The monoisotopic (exact) mass is 467 g/mol. The Morgan fingerprint density at radius 1 is 1.09 bits per heavy atom. The van der Waals surface area contributed by atoms with E-state index in [2.05, 4.69) is 15.0 Å². The Bertz CT molecular complexity index is 1360. The first-order valence-corrected chi connectivity index (χ1v) is 11.4. The topological polar surface area (TPSA) is 127 Å². The van der Waals surface area contributed by atoms with Gasteiger partial charge in [0.25, 0.3) is 5.56 Å². The van der Waals surface area contributed by atoms with E-state index in [0.29, 0.717) is 37.0 Å². The molecule has 0 aromatic heterocycles. The van der Waals surface area contributed by atoms with Gasteiger partial charge in [0, 0.05) is 13.1 Å². The molecule has 1 amide bonds. The first-order valence-electron chi connectivity index (χ1n) is 11.4. The van der Waals surface area contributed by atoms with Crippen LogP contribution in [0.1, 0.15) is 44.7 Å². The quantitative estimate of drug-likeness (QED) is 0.459. The fraction of sp³-hybridized carbons (Fsp3) is 0.500. The number of fused-ring (bicyclic) bond motifs is 2. The normalized spacial score (nSPS) is 15.1. The Morgan fingerprint density at radius 3 is 2.38 bits per heavy atom. The number of piperidine rings is 1. The van der Waals surface area contributed by atoms with Crippen molar-refractivity contribution in [1.29, 1.82) is 0 Å². The second-order valence-corrected chi connectivity index (χ2v) is 9.85. The molecule has 0 spiro atoms. The van der Waals surface area contributed by atoms with Gasteiger partial charge in [-0.15, -0.1) is 0 Å². The molecule has 1 N–H and O–H groups in total. The van der Waals surface area contributed by atoms with Crippen LogP contribution in [-0.2, 0) is 20.9 Å². The van der Waals surface area contributed by atoms with Gasteiger partial charge in [0.1, 0.15) is 12.1 Å². The number of hydrogen-bond donors (Lipinski definition) is 1. The summed E-state index contributed by atoms with van der Waals surface area (Å²) < 4.78 is 7.07. The van der Waals surface area contributed by atoms with Gasteiger partial charge in [-0.2, -0.15) is 4.98 Å². The Morgan fingerprint density at radius 2 is 1.74 bits per heavy atom. The Balaban J connectivity index is 1.63. The third kappa shape index (κ3) is 4.71. The highest BCUT2D eigenvalue weighted by Crippen LogP contribution is 2.25. The number of aryl methyl sites for hydroxylation is 2. The average molecular weight is 468 g/mol. The number of ether oxygens (including phenoxy) is 1. The molecule has 10 heteroatoms. The maximum absolute atomic E-state index is 13.3. The SMILES string of the molecule is Cc1cc2nc3c(=O)[nH]c(=O)nc-3n(CC(=O)N3CCC(C(=O)OC(C)(C)C)CC3)c2cc1C. The van der Waals surface area contributed by atoms with E-state index >= 15 is 0 Å². The minimum absolute atomic E-state index is 0.00628. The van der Waals surface area contributed by atoms with E-state index in [4.69, 9.17) is 4.74 Å². The van der Waals surface area contributed by atoms with E-state index in [-0.39, 0.29) is 35.9 Å². The maximum Gasteiger partial charge on any atom is 0.349 e. The van der Waals surface area contributed by atoms with Crippen LogP contribution < -0.4 is 11.2 Å². The molecule has 3 aliphatic rings. The number of likely N-dealkylation sites (tertiary alicyclic amines) is 1. The molecule has 1 fully saturated rings. The van der Waals surface area contributed by atoms with Crippen molar-refractivity contribution < 1.29 is 14.3 Å². The van der Waals surface area contributed by atoms with Crippen molar-refractivity contribution in [3.05, 3.63) is 44.1 Å². The summed E-state index contributed by atoms with van der Waals surface area (Å²) in [6, 6.07) is 3.73. The van der Waals surface area contributed by atoms with E-state index in [1.807, 2.05) is 46.8 Å². The second-order valence-electron chi connectivity index (χ2n) is 9.85.